The third-order valence-corrected chi connectivity index (χ3v) is 3.01. The molecule has 1 rings (SSSR count). The first-order chi connectivity index (χ1) is 8.43. The molecule has 0 aliphatic heterocycles. The molecule has 0 aromatic rings. The predicted molar refractivity (Wildman–Crippen MR) is 79.0 cm³/mol. The summed E-state index contributed by atoms with van der Waals surface area (Å²) in [5.41, 5.74) is 0.214. The van der Waals surface area contributed by atoms with Gasteiger partial charge in [-0.3, -0.25) is 4.99 Å². The number of aliphatic imine (C=N–C) groups is 1. The summed E-state index contributed by atoms with van der Waals surface area (Å²) in [6, 6.07) is 0. The molecule has 1 aliphatic carbocycles. The summed E-state index contributed by atoms with van der Waals surface area (Å²) < 4.78 is 0. The zero-order valence-corrected chi connectivity index (χ0v) is 12.7. The zero-order chi connectivity index (χ0) is 13.6. The lowest BCUT2D eigenvalue weighted by Gasteiger charge is -2.26. The van der Waals surface area contributed by atoms with Crippen LogP contribution in [0.15, 0.2) is 4.99 Å². The van der Waals surface area contributed by atoms with Crippen molar-refractivity contribution >= 4 is 5.96 Å². The lowest BCUT2D eigenvalue weighted by Crippen LogP contribution is -2.40. The van der Waals surface area contributed by atoms with E-state index in [1.54, 1.807) is 0 Å². The summed E-state index contributed by atoms with van der Waals surface area (Å²) >= 11 is 0. The van der Waals surface area contributed by atoms with Gasteiger partial charge in [0.1, 0.15) is 0 Å². The van der Waals surface area contributed by atoms with E-state index in [9.17, 15) is 0 Å². The van der Waals surface area contributed by atoms with Crippen LogP contribution in [-0.4, -0.2) is 51.1 Å². The van der Waals surface area contributed by atoms with Crippen molar-refractivity contribution in [1.82, 2.24) is 15.5 Å². The fourth-order valence-corrected chi connectivity index (χ4v) is 2.10. The average molecular weight is 254 g/mol. The topological polar surface area (TPSA) is 39.7 Å². The molecule has 0 unspecified atom stereocenters. The van der Waals surface area contributed by atoms with E-state index in [4.69, 9.17) is 4.99 Å². The van der Waals surface area contributed by atoms with Crippen LogP contribution in [0.1, 0.15) is 33.6 Å². The van der Waals surface area contributed by atoms with E-state index in [0.29, 0.717) is 0 Å². The van der Waals surface area contributed by atoms with E-state index in [-0.39, 0.29) is 5.41 Å². The highest BCUT2D eigenvalue weighted by molar-refractivity contribution is 5.79. The molecule has 4 nitrogen and oxygen atoms in total. The molecule has 106 valence electrons. The molecule has 0 aromatic heterocycles. The Labute approximate surface area is 112 Å². The first kappa shape index (κ1) is 15.3. The van der Waals surface area contributed by atoms with Crippen molar-refractivity contribution in [2.45, 2.75) is 33.6 Å². The minimum absolute atomic E-state index is 0.214. The van der Waals surface area contributed by atoms with Crippen LogP contribution in [0.4, 0.5) is 0 Å². The van der Waals surface area contributed by atoms with Crippen molar-refractivity contribution in [1.29, 1.82) is 0 Å². The van der Waals surface area contributed by atoms with Crippen LogP contribution in [0, 0.1) is 11.3 Å². The van der Waals surface area contributed by atoms with Crippen molar-refractivity contribution in [2.24, 2.45) is 16.3 Å². The van der Waals surface area contributed by atoms with Crippen molar-refractivity contribution in [3.63, 3.8) is 0 Å². The van der Waals surface area contributed by atoms with E-state index < -0.39 is 0 Å². The predicted octanol–water partition coefficient (Wildman–Crippen LogP) is 1.54. The highest BCUT2D eigenvalue weighted by atomic mass is 15.2. The average Bonchev–Trinajstić information content (AvgIpc) is 3.04. The number of nitrogens with one attached hydrogen (secondary N) is 2. The fourth-order valence-electron chi connectivity index (χ4n) is 2.10. The summed E-state index contributed by atoms with van der Waals surface area (Å²) in [7, 11) is 4.23. The zero-order valence-electron chi connectivity index (χ0n) is 12.7. The summed E-state index contributed by atoms with van der Waals surface area (Å²) in [6.45, 7) is 10.5. The summed E-state index contributed by atoms with van der Waals surface area (Å²) in [4.78, 5) is 6.93. The largest absolute Gasteiger partial charge is 0.357 e. The second kappa shape index (κ2) is 6.98. The van der Waals surface area contributed by atoms with Gasteiger partial charge in [-0.05, 0) is 45.2 Å². The smallest absolute Gasteiger partial charge is 0.191 e. The van der Waals surface area contributed by atoms with Gasteiger partial charge in [-0.1, -0.05) is 13.8 Å². The maximum Gasteiger partial charge on any atom is 0.191 e. The second-order valence-electron chi connectivity index (χ2n) is 6.42. The van der Waals surface area contributed by atoms with Gasteiger partial charge in [0.25, 0.3) is 0 Å². The van der Waals surface area contributed by atoms with E-state index in [1.807, 2.05) is 0 Å². The molecular formula is C14H30N4. The number of guanidine groups is 1. The second-order valence-corrected chi connectivity index (χ2v) is 6.42. The number of rotatable bonds is 7. The molecule has 0 atom stereocenters. The third-order valence-electron chi connectivity index (χ3n) is 3.01. The van der Waals surface area contributed by atoms with Gasteiger partial charge in [-0.2, -0.15) is 0 Å². The van der Waals surface area contributed by atoms with Gasteiger partial charge in [-0.15, -0.1) is 0 Å². The van der Waals surface area contributed by atoms with Crippen LogP contribution in [0.25, 0.3) is 0 Å². The minimum atomic E-state index is 0.214. The van der Waals surface area contributed by atoms with Gasteiger partial charge in [0.05, 0.1) is 0 Å². The fraction of sp³-hybridized carbons (Fsp3) is 0.929. The maximum atomic E-state index is 4.71. The Kier molecular flexibility index (Phi) is 5.93. The molecule has 0 amide bonds. The van der Waals surface area contributed by atoms with E-state index >= 15 is 0 Å². The molecule has 18 heavy (non-hydrogen) atoms. The Bertz CT molecular complexity index is 267. The van der Waals surface area contributed by atoms with Gasteiger partial charge in [0.2, 0.25) is 0 Å². The van der Waals surface area contributed by atoms with Crippen molar-refractivity contribution in [3.05, 3.63) is 0 Å². The van der Waals surface area contributed by atoms with Crippen molar-refractivity contribution in [2.75, 3.05) is 40.3 Å². The number of hydrogen-bond donors (Lipinski definition) is 2. The molecule has 0 bridgehead atoms. The molecule has 0 aromatic carbocycles. The standard InChI is InChI=1S/C14H30N4/c1-6-15-13(16-9-12-7-8-12)17-10-14(2,3)11-18(4)5/h12H,6-11H2,1-5H3,(H2,15,16,17). The Morgan fingerprint density at radius 3 is 2.44 bits per heavy atom. The van der Waals surface area contributed by atoms with Crippen LogP contribution >= 0.6 is 0 Å². The Balaban J connectivity index is 2.41. The first-order valence-electron chi connectivity index (χ1n) is 7.10. The molecule has 0 spiro atoms. The first-order valence-corrected chi connectivity index (χ1v) is 7.10. The van der Waals surface area contributed by atoms with E-state index in [0.717, 1.165) is 38.1 Å². The summed E-state index contributed by atoms with van der Waals surface area (Å²) in [5.74, 6) is 1.85. The molecule has 0 saturated heterocycles. The lowest BCUT2D eigenvalue weighted by molar-refractivity contribution is 0.248. The van der Waals surface area contributed by atoms with Gasteiger partial charge < -0.3 is 15.5 Å². The molecule has 4 heteroatoms. The Hall–Kier alpha value is -0.770. The third kappa shape index (κ3) is 6.84. The quantitative estimate of drug-likeness (QED) is 0.535. The molecule has 1 aliphatic rings. The normalized spacial score (nSPS) is 17.1. The van der Waals surface area contributed by atoms with Gasteiger partial charge in [0.15, 0.2) is 5.96 Å². The van der Waals surface area contributed by atoms with E-state index in [1.165, 1.54) is 12.8 Å². The number of hydrogen-bond acceptors (Lipinski definition) is 2. The molecule has 1 saturated carbocycles. The molecular weight excluding hydrogens is 224 g/mol. The highest BCUT2D eigenvalue weighted by Crippen LogP contribution is 2.27. The molecule has 0 radical (unpaired) electrons. The van der Waals surface area contributed by atoms with Gasteiger partial charge in [-0.25, -0.2) is 0 Å². The lowest BCUT2D eigenvalue weighted by atomic mass is 9.93. The molecule has 2 N–H and O–H groups in total. The summed E-state index contributed by atoms with van der Waals surface area (Å²) in [5, 5.41) is 6.75. The van der Waals surface area contributed by atoms with Crippen LogP contribution in [0.3, 0.4) is 0 Å². The summed E-state index contributed by atoms with van der Waals surface area (Å²) in [6.07, 6.45) is 2.75. The van der Waals surface area contributed by atoms with Gasteiger partial charge >= 0.3 is 0 Å². The molecule has 0 heterocycles. The van der Waals surface area contributed by atoms with Crippen molar-refractivity contribution in [3.8, 4) is 0 Å². The van der Waals surface area contributed by atoms with Crippen LogP contribution in [0.2, 0.25) is 0 Å². The Morgan fingerprint density at radius 2 is 1.94 bits per heavy atom. The Morgan fingerprint density at radius 1 is 1.28 bits per heavy atom. The van der Waals surface area contributed by atoms with Gasteiger partial charge in [0, 0.05) is 26.2 Å². The molecule has 1 fully saturated rings. The minimum Gasteiger partial charge on any atom is -0.357 e. The number of nitrogens with zero attached hydrogens (tertiary/aromatic N) is 2. The highest BCUT2D eigenvalue weighted by Gasteiger charge is 2.22. The van der Waals surface area contributed by atoms with Crippen molar-refractivity contribution < 1.29 is 0 Å². The van der Waals surface area contributed by atoms with E-state index in [2.05, 4.69) is 50.4 Å². The SMILES string of the molecule is CCNC(=NCC(C)(C)CN(C)C)NCC1CC1. The maximum absolute atomic E-state index is 4.71. The van der Waals surface area contributed by atoms with Crippen LogP contribution < -0.4 is 10.6 Å². The monoisotopic (exact) mass is 254 g/mol. The van der Waals surface area contributed by atoms with Crippen LogP contribution in [-0.2, 0) is 0 Å². The van der Waals surface area contributed by atoms with Crippen LogP contribution in [0.5, 0.6) is 0 Å².